The van der Waals surface area contributed by atoms with Crippen molar-refractivity contribution < 1.29 is 12.8 Å². The van der Waals surface area contributed by atoms with E-state index in [2.05, 4.69) is 15.5 Å². The Bertz CT molecular complexity index is 680. The monoisotopic (exact) mass is 295 g/mol. The molecular weight excluding hydrogens is 278 g/mol. The van der Waals surface area contributed by atoms with Crippen LogP contribution in [-0.4, -0.2) is 38.0 Å². The highest BCUT2D eigenvalue weighted by Crippen LogP contribution is 2.21. The molecule has 0 aliphatic rings. The second-order valence-corrected chi connectivity index (χ2v) is 6.42. The van der Waals surface area contributed by atoms with Crippen molar-refractivity contribution in [3.63, 3.8) is 0 Å². The van der Waals surface area contributed by atoms with Crippen molar-refractivity contribution in [2.75, 3.05) is 19.3 Å². The first-order chi connectivity index (χ1) is 9.50. The number of aromatic nitrogens is 2. The van der Waals surface area contributed by atoms with E-state index in [-0.39, 0.29) is 4.90 Å². The van der Waals surface area contributed by atoms with Crippen LogP contribution in [0.25, 0.3) is 11.5 Å². The van der Waals surface area contributed by atoms with Gasteiger partial charge in [0.05, 0.1) is 4.90 Å². The van der Waals surface area contributed by atoms with Crippen molar-refractivity contribution in [1.29, 1.82) is 0 Å². The number of nitrogens with zero attached hydrogens (tertiary/aromatic N) is 2. The standard InChI is InChI=1S/C13H17N3O3S/c1-3-14-8-7-12-15-16-13(19-12)10-5-4-6-11(9-10)20(2,17)18/h4-6,9,14H,3,7-8H2,1-2H3. The summed E-state index contributed by atoms with van der Waals surface area (Å²) in [6, 6.07) is 6.49. The van der Waals surface area contributed by atoms with E-state index in [9.17, 15) is 8.42 Å². The molecule has 0 aliphatic carbocycles. The highest BCUT2D eigenvalue weighted by atomic mass is 32.2. The van der Waals surface area contributed by atoms with Crippen LogP contribution in [0.5, 0.6) is 0 Å². The fourth-order valence-electron chi connectivity index (χ4n) is 1.70. The SMILES string of the molecule is CCNCCc1nnc(-c2cccc(S(C)(=O)=O)c2)o1. The quantitative estimate of drug-likeness (QED) is 0.808. The molecule has 0 fully saturated rings. The molecule has 1 N–H and O–H groups in total. The van der Waals surface area contributed by atoms with Crippen LogP contribution in [0, 0.1) is 0 Å². The topological polar surface area (TPSA) is 85.1 Å². The molecule has 0 atom stereocenters. The number of hydrogen-bond acceptors (Lipinski definition) is 6. The minimum Gasteiger partial charge on any atom is -0.421 e. The Hall–Kier alpha value is -1.73. The highest BCUT2D eigenvalue weighted by Gasteiger charge is 2.12. The van der Waals surface area contributed by atoms with E-state index in [0.29, 0.717) is 23.8 Å². The summed E-state index contributed by atoms with van der Waals surface area (Å²) in [5, 5.41) is 11.1. The van der Waals surface area contributed by atoms with Crippen LogP contribution in [0.3, 0.4) is 0 Å². The second kappa shape index (κ2) is 6.15. The second-order valence-electron chi connectivity index (χ2n) is 4.40. The number of sulfone groups is 1. The zero-order valence-electron chi connectivity index (χ0n) is 11.5. The molecule has 1 aromatic heterocycles. The Morgan fingerprint density at radius 1 is 1.30 bits per heavy atom. The molecule has 0 saturated carbocycles. The third-order valence-electron chi connectivity index (χ3n) is 2.74. The van der Waals surface area contributed by atoms with Crippen LogP contribution < -0.4 is 5.32 Å². The molecule has 20 heavy (non-hydrogen) atoms. The Morgan fingerprint density at radius 2 is 2.10 bits per heavy atom. The average Bonchev–Trinajstić information content (AvgIpc) is 2.87. The largest absolute Gasteiger partial charge is 0.421 e. The van der Waals surface area contributed by atoms with Crippen LogP contribution in [0.1, 0.15) is 12.8 Å². The summed E-state index contributed by atoms with van der Waals surface area (Å²) in [7, 11) is -3.24. The van der Waals surface area contributed by atoms with Gasteiger partial charge in [0.15, 0.2) is 9.84 Å². The number of hydrogen-bond donors (Lipinski definition) is 1. The van der Waals surface area contributed by atoms with E-state index in [0.717, 1.165) is 13.1 Å². The lowest BCUT2D eigenvalue weighted by Gasteiger charge is -2.00. The maximum Gasteiger partial charge on any atom is 0.247 e. The lowest BCUT2D eigenvalue weighted by Crippen LogP contribution is -2.16. The molecule has 0 radical (unpaired) electrons. The van der Waals surface area contributed by atoms with Crippen LogP contribution in [0.2, 0.25) is 0 Å². The Kier molecular flexibility index (Phi) is 4.51. The normalized spacial score (nSPS) is 11.7. The predicted molar refractivity (Wildman–Crippen MR) is 75.1 cm³/mol. The molecule has 6 nitrogen and oxygen atoms in total. The van der Waals surface area contributed by atoms with Gasteiger partial charge in [-0.1, -0.05) is 13.0 Å². The molecule has 1 aromatic carbocycles. The zero-order chi connectivity index (χ0) is 14.6. The minimum absolute atomic E-state index is 0.238. The molecule has 0 saturated heterocycles. The average molecular weight is 295 g/mol. The van der Waals surface area contributed by atoms with Crippen molar-refractivity contribution in [2.24, 2.45) is 0 Å². The highest BCUT2D eigenvalue weighted by molar-refractivity contribution is 7.90. The smallest absolute Gasteiger partial charge is 0.247 e. The molecule has 0 spiro atoms. The van der Waals surface area contributed by atoms with Crippen molar-refractivity contribution in [3.8, 4) is 11.5 Å². The van der Waals surface area contributed by atoms with Gasteiger partial charge in [-0.2, -0.15) is 0 Å². The van der Waals surface area contributed by atoms with Crippen LogP contribution >= 0.6 is 0 Å². The van der Waals surface area contributed by atoms with Gasteiger partial charge in [0.1, 0.15) is 0 Å². The maximum atomic E-state index is 11.5. The van der Waals surface area contributed by atoms with E-state index in [4.69, 9.17) is 4.42 Å². The lowest BCUT2D eigenvalue weighted by atomic mass is 10.2. The van der Waals surface area contributed by atoms with Crippen molar-refractivity contribution in [1.82, 2.24) is 15.5 Å². The van der Waals surface area contributed by atoms with E-state index in [1.54, 1.807) is 18.2 Å². The first-order valence-corrected chi connectivity index (χ1v) is 8.23. The van der Waals surface area contributed by atoms with E-state index in [1.165, 1.54) is 12.3 Å². The number of nitrogens with one attached hydrogen (secondary N) is 1. The van der Waals surface area contributed by atoms with E-state index < -0.39 is 9.84 Å². The molecule has 2 aromatic rings. The molecule has 2 rings (SSSR count). The number of rotatable bonds is 6. The molecule has 0 bridgehead atoms. The van der Waals surface area contributed by atoms with Crippen LogP contribution in [0.4, 0.5) is 0 Å². The van der Waals surface area contributed by atoms with E-state index >= 15 is 0 Å². The molecule has 0 unspecified atom stereocenters. The Balaban J connectivity index is 2.20. The first kappa shape index (κ1) is 14.7. The van der Waals surface area contributed by atoms with Gasteiger partial charge in [0, 0.05) is 24.8 Å². The Labute approximate surface area is 118 Å². The van der Waals surface area contributed by atoms with Gasteiger partial charge in [-0.05, 0) is 24.7 Å². The molecule has 0 amide bonds. The van der Waals surface area contributed by atoms with Crippen LogP contribution in [-0.2, 0) is 16.3 Å². The summed E-state index contributed by atoms with van der Waals surface area (Å²) in [6.07, 6.45) is 1.81. The third-order valence-corrected chi connectivity index (χ3v) is 3.85. The summed E-state index contributed by atoms with van der Waals surface area (Å²) in [5.74, 6) is 0.868. The summed E-state index contributed by atoms with van der Waals surface area (Å²) in [6.45, 7) is 3.68. The third kappa shape index (κ3) is 3.64. The van der Waals surface area contributed by atoms with Gasteiger partial charge in [-0.3, -0.25) is 0 Å². The molecular formula is C13H17N3O3S. The first-order valence-electron chi connectivity index (χ1n) is 6.34. The lowest BCUT2D eigenvalue weighted by molar-refractivity contribution is 0.496. The van der Waals surface area contributed by atoms with Gasteiger partial charge < -0.3 is 9.73 Å². The van der Waals surface area contributed by atoms with Gasteiger partial charge in [0.2, 0.25) is 11.8 Å². The molecule has 108 valence electrons. The van der Waals surface area contributed by atoms with Gasteiger partial charge in [-0.15, -0.1) is 10.2 Å². The maximum absolute atomic E-state index is 11.5. The molecule has 0 aliphatic heterocycles. The van der Waals surface area contributed by atoms with Gasteiger partial charge in [-0.25, -0.2) is 8.42 Å². The summed E-state index contributed by atoms with van der Waals surface area (Å²) in [4.78, 5) is 0.238. The van der Waals surface area contributed by atoms with Crippen molar-refractivity contribution in [2.45, 2.75) is 18.2 Å². The molecule has 1 heterocycles. The van der Waals surface area contributed by atoms with Gasteiger partial charge in [0.25, 0.3) is 0 Å². The van der Waals surface area contributed by atoms with Gasteiger partial charge >= 0.3 is 0 Å². The van der Waals surface area contributed by atoms with Crippen molar-refractivity contribution in [3.05, 3.63) is 30.2 Å². The number of likely N-dealkylation sites (N-methyl/N-ethyl adjacent to an activating group) is 1. The van der Waals surface area contributed by atoms with Crippen molar-refractivity contribution >= 4 is 9.84 Å². The fourth-order valence-corrected chi connectivity index (χ4v) is 2.37. The number of benzene rings is 1. The predicted octanol–water partition coefficient (Wildman–Crippen LogP) is 1.29. The summed E-state index contributed by atoms with van der Waals surface area (Å²) >= 11 is 0. The minimum atomic E-state index is -3.24. The molecule has 7 heteroatoms. The summed E-state index contributed by atoms with van der Waals surface area (Å²) in [5.41, 5.74) is 0.607. The van der Waals surface area contributed by atoms with Crippen LogP contribution in [0.15, 0.2) is 33.6 Å². The van der Waals surface area contributed by atoms with E-state index in [1.807, 2.05) is 6.92 Å². The fraction of sp³-hybridized carbons (Fsp3) is 0.385. The summed E-state index contributed by atoms with van der Waals surface area (Å²) < 4.78 is 28.6. The zero-order valence-corrected chi connectivity index (χ0v) is 12.3. The Morgan fingerprint density at radius 3 is 2.80 bits per heavy atom.